The third kappa shape index (κ3) is 5.68. The molecule has 0 spiro atoms. The first-order chi connectivity index (χ1) is 9.69. The molecule has 0 bridgehead atoms. The molecule has 2 N–H and O–H groups in total. The van der Waals surface area contributed by atoms with E-state index in [1.54, 1.807) is 12.3 Å². The molecular weight excluding hydrogens is 252 g/mol. The molecule has 0 fully saturated rings. The molecular formula is C16H28N2O2. The molecule has 0 amide bonds. The number of nitrogen functional groups attached to an aromatic ring is 1. The number of aryl methyl sites for hydroxylation is 1. The highest BCUT2D eigenvalue weighted by atomic mass is 16.5. The van der Waals surface area contributed by atoms with E-state index in [4.69, 9.17) is 10.5 Å². The van der Waals surface area contributed by atoms with E-state index in [0.29, 0.717) is 18.0 Å². The molecule has 4 nitrogen and oxygen atoms in total. The largest absolute Gasteiger partial charge is 0.461 e. The topological polar surface area (TPSA) is 57.2 Å². The summed E-state index contributed by atoms with van der Waals surface area (Å²) < 4.78 is 7.19. The van der Waals surface area contributed by atoms with Crippen molar-refractivity contribution in [2.45, 2.75) is 65.3 Å². The molecule has 0 saturated carbocycles. The van der Waals surface area contributed by atoms with Gasteiger partial charge in [0.25, 0.3) is 0 Å². The average molecular weight is 280 g/mol. The Kier molecular flexibility index (Phi) is 7.85. The summed E-state index contributed by atoms with van der Waals surface area (Å²) in [5, 5.41) is 0. The van der Waals surface area contributed by atoms with Crippen LogP contribution in [0.4, 0.5) is 5.69 Å². The van der Waals surface area contributed by atoms with Crippen LogP contribution < -0.4 is 5.73 Å². The Bertz CT molecular complexity index is 399. The minimum atomic E-state index is -0.260. The number of hydrogen-bond donors (Lipinski definition) is 1. The van der Waals surface area contributed by atoms with Crippen molar-refractivity contribution in [3.8, 4) is 0 Å². The van der Waals surface area contributed by atoms with Gasteiger partial charge in [0.1, 0.15) is 5.69 Å². The summed E-state index contributed by atoms with van der Waals surface area (Å²) in [5.74, 6) is -0.260. The zero-order valence-corrected chi connectivity index (χ0v) is 12.9. The number of hydrogen-bond acceptors (Lipinski definition) is 3. The number of rotatable bonds is 10. The summed E-state index contributed by atoms with van der Waals surface area (Å²) in [7, 11) is 0. The van der Waals surface area contributed by atoms with E-state index in [9.17, 15) is 4.79 Å². The van der Waals surface area contributed by atoms with Crippen LogP contribution in [0.2, 0.25) is 0 Å². The highest BCUT2D eigenvalue weighted by Crippen LogP contribution is 2.13. The van der Waals surface area contributed by atoms with Crippen molar-refractivity contribution >= 4 is 11.7 Å². The number of unbranched alkanes of at least 4 members (excludes halogenated alkanes) is 5. The number of aromatic nitrogens is 1. The predicted molar refractivity (Wildman–Crippen MR) is 82.8 cm³/mol. The van der Waals surface area contributed by atoms with Crippen LogP contribution in [0, 0.1) is 0 Å². The van der Waals surface area contributed by atoms with Crippen LogP contribution in [0.1, 0.15) is 69.3 Å². The van der Waals surface area contributed by atoms with E-state index in [2.05, 4.69) is 13.8 Å². The fraction of sp³-hybridized carbons (Fsp3) is 0.688. The fourth-order valence-corrected chi connectivity index (χ4v) is 2.25. The molecule has 0 aliphatic heterocycles. The summed E-state index contributed by atoms with van der Waals surface area (Å²) in [6.07, 6.45) is 9.89. The Morgan fingerprint density at radius 2 is 1.85 bits per heavy atom. The maximum atomic E-state index is 12.0. The lowest BCUT2D eigenvalue weighted by Crippen LogP contribution is -2.12. The third-order valence-electron chi connectivity index (χ3n) is 3.32. The van der Waals surface area contributed by atoms with Gasteiger partial charge in [-0.25, -0.2) is 4.79 Å². The summed E-state index contributed by atoms with van der Waals surface area (Å²) in [5.41, 5.74) is 6.92. The van der Waals surface area contributed by atoms with E-state index in [0.717, 1.165) is 25.8 Å². The maximum Gasteiger partial charge on any atom is 0.355 e. The van der Waals surface area contributed by atoms with Crippen LogP contribution in [0.25, 0.3) is 0 Å². The lowest BCUT2D eigenvalue weighted by molar-refractivity contribution is 0.0485. The van der Waals surface area contributed by atoms with E-state index in [-0.39, 0.29) is 5.97 Å². The minimum absolute atomic E-state index is 0.260. The van der Waals surface area contributed by atoms with Crippen LogP contribution in [0.15, 0.2) is 12.3 Å². The first-order valence-electron chi connectivity index (χ1n) is 7.81. The number of carbonyl (C=O) groups is 1. The van der Waals surface area contributed by atoms with Gasteiger partial charge < -0.3 is 15.0 Å². The van der Waals surface area contributed by atoms with Gasteiger partial charge in [0, 0.05) is 12.7 Å². The van der Waals surface area contributed by atoms with E-state index >= 15 is 0 Å². The maximum absolute atomic E-state index is 12.0. The molecule has 114 valence electrons. The molecule has 0 radical (unpaired) electrons. The van der Waals surface area contributed by atoms with Crippen LogP contribution in [0.5, 0.6) is 0 Å². The van der Waals surface area contributed by atoms with Gasteiger partial charge >= 0.3 is 5.97 Å². The van der Waals surface area contributed by atoms with Crippen molar-refractivity contribution in [3.63, 3.8) is 0 Å². The summed E-state index contributed by atoms with van der Waals surface area (Å²) in [6.45, 7) is 5.57. The highest BCUT2D eigenvalue weighted by Gasteiger charge is 2.13. The number of ether oxygens (including phenoxy) is 1. The number of anilines is 1. The Labute approximate surface area is 122 Å². The molecule has 0 aromatic carbocycles. The zero-order valence-electron chi connectivity index (χ0n) is 12.9. The second kappa shape index (κ2) is 9.45. The molecule has 1 aromatic rings. The van der Waals surface area contributed by atoms with Gasteiger partial charge in [0.15, 0.2) is 0 Å². The molecule has 0 aliphatic carbocycles. The van der Waals surface area contributed by atoms with Crippen molar-refractivity contribution in [1.82, 2.24) is 4.57 Å². The SMILES string of the molecule is CCCCCCCCOC(=O)c1cc(N)cn1CCC. The van der Waals surface area contributed by atoms with Crippen LogP contribution in [0.3, 0.4) is 0 Å². The van der Waals surface area contributed by atoms with Crippen molar-refractivity contribution in [2.24, 2.45) is 0 Å². The van der Waals surface area contributed by atoms with Crippen molar-refractivity contribution < 1.29 is 9.53 Å². The molecule has 1 rings (SSSR count). The van der Waals surface area contributed by atoms with E-state index in [1.165, 1.54) is 25.7 Å². The molecule has 20 heavy (non-hydrogen) atoms. The van der Waals surface area contributed by atoms with Gasteiger partial charge in [-0.2, -0.15) is 0 Å². The van der Waals surface area contributed by atoms with Gasteiger partial charge in [-0.05, 0) is 18.9 Å². The number of nitrogens with zero attached hydrogens (tertiary/aromatic N) is 1. The monoisotopic (exact) mass is 280 g/mol. The molecule has 0 atom stereocenters. The minimum Gasteiger partial charge on any atom is -0.461 e. The van der Waals surface area contributed by atoms with E-state index < -0.39 is 0 Å². The Balaban J connectivity index is 2.28. The van der Waals surface area contributed by atoms with Crippen molar-refractivity contribution in [3.05, 3.63) is 18.0 Å². The van der Waals surface area contributed by atoms with Crippen LogP contribution in [-0.2, 0) is 11.3 Å². The van der Waals surface area contributed by atoms with Crippen molar-refractivity contribution in [2.75, 3.05) is 12.3 Å². The molecule has 0 unspecified atom stereocenters. The molecule has 1 aromatic heterocycles. The quantitative estimate of drug-likeness (QED) is 0.520. The normalized spacial score (nSPS) is 10.7. The standard InChI is InChI=1S/C16H28N2O2/c1-3-5-6-7-8-9-11-20-16(19)15-12-14(17)13-18(15)10-4-2/h12-13H,3-11,17H2,1-2H3. The fourth-order valence-electron chi connectivity index (χ4n) is 2.25. The second-order valence-corrected chi connectivity index (χ2v) is 5.26. The van der Waals surface area contributed by atoms with Gasteiger partial charge in [-0.1, -0.05) is 46.0 Å². The molecule has 0 saturated heterocycles. The lowest BCUT2D eigenvalue weighted by Gasteiger charge is -2.08. The first-order valence-corrected chi connectivity index (χ1v) is 7.81. The molecule has 1 heterocycles. The average Bonchev–Trinajstić information content (AvgIpc) is 2.79. The predicted octanol–water partition coefficient (Wildman–Crippen LogP) is 4.00. The lowest BCUT2D eigenvalue weighted by atomic mass is 10.1. The number of esters is 1. The number of carbonyl (C=O) groups excluding carboxylic acids is 1. The summed E-state index contributed by atoms with van der Waals surface area (Å²) >= 11 is 0. The molecule has 0 aliphatic rings. The highest BCUT2D eigenvalue weighted by molar-refractivity contribution is 5.89. The van der Waals surface area contributed by atoms with Gasteiger partial charge in [0.2, 0.25) is 0 Å². The van der Waals surface area contributed by atoms with Crippen LogP contribution >= 0.6 is 0 Å². The summed E-state index contributed by atoms with van der Waals surface area (Å²) in [4.78, 5) is 12.0. The first kappa shape index (κ1) is 16.6. The third-order valence-corrected chi connectivity index (χ3v) is 3.32. The van der Waals surface area contributed by atoms with Gasteiger partial charge in [-0.3, -0.25) is 0 Å². The van der Waals surface area contributed by atoms with Gasteiger partial charge in [-0.15, -0.1) is 0 Å². The summed E-state index contributed by atoms with van der Waals surface area (Å²) in [6, 6.07) is 1.69. The smallest absolute Gasteiger partial charge is 0.355 e. The Hall–Kier alpha value is -1.45. The number of nitrogens with two attached hydrogens (primary N) is 1. The van der Waals surface area contributed by atoms with Gasteiger partial charge in [0.05, 0.1) is 12.3 Å². The molecule has 4 heteroatoms. The second-order valence-electron chi connectivity index (χ2n) is 5.26. The Morgan fingerprint density at radius 1 is 1.15 bits per heavy atom. The Morgan fingerprint density at radius 3 is 2.55 bits per heavy atom. The van der Waals surface area contributed by atoms with Crippen molar-refractivity contribution in [1.29, 1.82) is 0 Å². The van der Waals surface area contributed by atoms with Crippen LogP contribution in [-0.4, -0.2) is 17.1 Å². The zero-order chi connectivity index (χ0) is 14.8. The van der Waals surface area contributed by atoms with E-state index in [1.807, 2.05) is 4.57 Å².